The van der Waals surface area contributed by atoms with Crippen LogP contribution in [0.25, 0.3) is 0 Å². The van der Waals surface area contributed by atoms with Crippen LogP contribution in [0, 0.1) is 0 Å². The number of aromatic nitrogens is 18. The Bertz CT molecular complexity index is 3630. The molecule has 12 heterocycles. The molecule has 0 amide bonds. The van der Waals surface area contributed by atoms with Gasteiger partial charge < -0.3 is 56.2 Å². The number of ether oxygens (including phenoxy) is 2. The zero-order chi connectivity index (χ0) is 60.7. The molecule has 2 radical (unpaired) electrons. The van der Waals surface area contributed by atoms with Crippen molar-refractivity contribution in [2.45, 2.75) is 25.7 Å². The van der Waals surface area contributed by atoms with E-state index in [0.29, 0.717) is 0 Å². The first-order valence-electron chi connectivity index (χ1n) is 30.6. The van der Waals surface area contributed by atoms with Crippen LogP contribution >= 0.6 is 0 Å². The molecular weight excluding hydrogens is 1240 g/mol. The van der Waals surface area contributed by atoms with E-state index in [0.717, 1.165) is 70.7 Å². The monoisotopic (exact) mass is 1300 g/mol. The Morgan fingerprint density at radius 2 is 0.413 bits per heavy atom. The van der Waals surface area contributed by atoms with Crippen molar-refractivity contribution in [3.63, 3.8) is 0 Å². The normalized spacial score (nSPS) is 13.0. The van der Waals surface area contributed by atoms with Gasteiger partial charge in [-0.1, -0.05) is 180 Å². The molecule has 0 unspecified atom stereocenters. The number of hydrogen-bond donors (Lipinski definition) is 0. The third kappa shape index (κ3) is 12.0. The number of nitrogens with zero attached hydrogens (tertiary/aromatic N) is 18. The number of rotatable bonds is 16. The standard InChI is InChI=1S/2C29H25B2N9.2C4H8O.2Co/c2*1-3-12-26(13-4-1)30(37-22-8-18-32-37,38-23-9-19-33-38)28-16-7-17-29(36-28)31(39-24-10-20-34-39,40-25-11-21-35-40)27-14-5-2-6-15-27;2*1-2-4-5-3-1;;/h2*1-25H;2*1-4H2;;/q2*-2;;;2*+2. The van der Waals surface area contributed by atoms with Crippen molar-refractivity contribution in [1.29, 1.82) is 0 Å². The van der Waals surface area contributed by atoms with Gasteiger partial charge in [0.15, 0.2) is 0 Å². The minimum atomic E-state index is -1.96. The third-order valence-corrected chi connectivity index (χ3v) is 17.2. The maximum absolute atomic E-state index is 5.51. The van der Waals surface area contributed by atoms with Crippen LogP contribution in [0.2, 0.25) is 0 Å². The van der Waals surface area contributed by atoms with Crippen LogP contribution in [0.1, 0.15) is 25.7 Å². The molecule has 2 fully saturated rings. The van der Waals surface area contributed by atoms with E-state index in [-0.39, 0.29) is 33.6 Å². The average molecular weight is 1300 g/mol. The second-order valence-electron chi connectivity index (χ2n) is 22.2. The molecule has 0 atom stereocenters. The van der Waals surface area contributed by atoms with Crippen molar-refractivity contribution in [2.75, 3.05) is 26.4 Å². The second-order valence-corrected chi connectivity index (χ2v) is 22.2. The molecule has 0 aliphatic carbocycles. The van der Waals surface area contributed by atoms with Gasteiger partial charge in [-0.15, -0.1) is 0 Å². The molecule has 0 bridgehead atoms. The van der Waals surface area contributed by atoms with E-state index in [2.05, 4.69) is 84.9 Å². The summed E-state index contributed by atoms with van der Waals surface area (Å²) in [4.78, 5) is 11.0. The summed E-state index contributed by atoms with van der Waals surface area (Å²) in [6, 6.07) is 68.9. The van der Waals surface area contributed by atoms with Gasteiger partial charge in [0.1, 0.15) is 0 Å². The van der Waals surface area contributed by atoms with Gasteiger partial charge in [0.2, 0.25) is 0 Å². The molecule has 2 aliphatic heterocycles. The molecule has 10 aromatic heterocycles. The molecule has 462 valence electrons. The van der Waals surface area contributed by atoms with E-state index < -0.39 is 25.7 Å². The smallest absolute Gasteiger partial charge is 0.412 e. The Morgan fingerprint density at radius 1 is 0.228 bits per heavy atom. The van der Waals surface area contributed by atoms with Crippen molar-refractivity contribution in [2.24, 2.45) is 0 Å². The molecule has 0 spiro atoms. The number of hydrogen-bond acceptors (Lipinski definition) is 12. The SMILES string of the molecule is C1CCOC1.C1CCOC1.[Co+2].[Co+2].c1ccc([B-](c2cccc([B-](c3ccccc3)(n3cccn3)n3cccn3)n2)(n2cccn2)n2cccn2)cc1.c1ccc([B-](c2cccc([B-](c3ccccc3)(n3cccn3)n3cccn3)n2)(n2cccn2)n2cccn2)cc1. The zero-order valence-corrected chi connectivity index (χ0v) is 52.4. The average Bonchev–Trinajstić information content (AvgIpc) is 1.34. The zero-order valence-electron chi connectivity index (χ0n) is 50.4. The van der Waals surface area contributed by atoms with Crippen LogP contribution < -0.4 is 44.2 Å². The van der Waals surface area contributed by atoms with Gasteiger partial charge in [0.05, 0.1) is 0 Å². The maximum Gasteiger partial charge on any atom is 2.00 e. The molecule has 2 aliphatic rings. The van der Waals surface area contributed by atoms with Crippen molar-refractivity contribution in [3.05, 3.63) is 305 Å². The van der Waals surface area contributed by atoms with Crippen LogP contribution in [0.3, 0.4) is 0 Å². The first kappa shape index (κ1) is 63.6. The minimum Gasteiger partial charge on any atom is -0.412 e. The number of benzene rings is 4. The molecule has 20 nitrogen and oxygen atoms in total. The molecule has 16 rings (SSSR count). The summed E-state index contributed by atoms with van der Waals surface area (Å²) in [5, 5.41) is 38.1. The maximum atomic E-state index is 5.51. The van der Waals surface area contributed by atoms with E-state index in [4.69, 9.17) is 60.2 Å². The van der Waals surface area contributed by atoms with Crippen molar-refractivity contribution < 1.29 is 43.0 Å². The summed E-state index contributed by atoms with van der Waals surface area (Å²) in [6.07, 6.45) is 27.4. The van der Waals surface area contributed by atoms with E-state index in [9.17, 15) is 0 Å². The predicted octanol–water partition coefficient (Wildman–Crippen LogP) is 3.94. The van der Waals surface area contributed by atoms with Crippen LogP contribution in [0.15, 0.2) is 305 Å². The summed E-state index contributed by atoms with van der Waals surface area (Å²) in [5.41, 5.74) is 7.31. The van der Waals surface area contributed by atoms with Crippen LogP contribution in [0.4, 0.5) is 0 Å². The Labute approximate surface area is 554 Å². The molecule has 92 heavy (non-hydrogen) atoms. The van der Waals surface area contributed by atoms with Gasteiger partial charge in [-0.2, -0.15) is 21.9 Å². The van der Waals surface area contributed by atoms with E-state index >= 15 is 0 Å². The van der Waals surface area contributed by atoms with Crippen molar-refractivity contribution in [3.8, 4) is 0 Å². The molecule has 4 aromatic carbocycles. The van der Waals surface area contributed by atoms with Crippen LogP contribution in [0.5, 0.6) is 0 Å². The summed E-state index contributed by atoms with van der Waals surface area (Å²) in [5.74, 6) is 0. The van der Waals surface area contributed by atoms with Crippen molar-refractivity contribution >= 4 is 69.9 Å². The first-order valence-corrected chi connectivity index (χ1v) is 30.6. The van der Waals surface area contributed by atoms with Crippen LogP contribution in [-0.2, 0) is 43.0 Å². The van der Waals surface area contributed by atoms with Gasteiger partial charge in [-0.25, -0.2) is 40.8 Å². The molecule has 2 saturated heterocycles. The fraction of sp³-hybridized carbons (Fsp3) is 0.121. The molecular formula is C66H66B4Co2N18O2. The van der Waals surface area contributed by atoms with Crippen LogP contribution in [-0.4, -0.2) is 140 Å². The first-order chi connectivity index (χ1) is 44.7. The Morgan fingerprint density at radius 3 is 0.554 bits per heavy atom. The van der Waals surface area contributed by atoms with Crippen molar-refractivity contribution in [1.82, 2.24) is 87.5 Å². The minimum absolute atomic E-state index is 0. The summed E-state index contributed by atoms with van der Waals surface area (Å²) in [6.45, 7) is 4.00. The summed E-state index contributed by atoms with van der Waals surface area (Å²) < 4.78 is 25.6. The Kier molecular flexibility index (Phi) is 20.6. The Hall–Kier alpha value is -9.95. The Balaban J connectivity index is 0.000000160. The largest absolute Gasteiger partial charge is 2.00 e. The van der Waals surface area contributed by atoms with Gasteiger partial charge >= 0.3 is 33.6 Å². The number of pyridine rings is 2. The van der Waals surface area contributed by atoms with E-state index in [1.165, 1.54) is 25.7 Å². The predicted molar refractivity (Wildman–Crippen MR) is 355 cm³/mol. The fourth-order valence-corrected chi connectivity index (χ4v) is 13.2. The molecule has 14 aromatic rings. The fourth-order valence-electron chi connectivity index (χ4n) is 13.2. The molecule has 26 heteroatoms. The van der Waals surface area contributed by atoms with Gasteiger partial charge in [-0.05, 0) is 124 Å². The van der Waals surface area contributed by atoms with Gasteiger partial charge in [0, 0.05) is 76.0 Å². The summed E-state index contributed by atoms with van der Waals surface area (Å²) in [7, 11) is 0. The topological polar surface area (TPSA) is 187 Å². The van der Waals surface area contributed by atoms with E-state index in [1.807, 2.05) is 208 Å². The second kappa shape index (κ2) is 29.8. The van der Waals surface area contributed by atoms with E-state index in [1.54, 1.807) is 49.6 Å². The summed E-state index contributed by atoms with van der Waals surface area (Å²) >= 11 is 0. The quantitative estimate of drug-likeness (QED) is 0.127. The molecule has 0 saturated carbocycles. The third-order valence-electron chi connectivity index (χ3n) is 17.2. The molecule has 0 N–H and O–H groups in total. The van der Waals surface area contributed by atoms with Gasteiger partial charge in [0.25, 0.3) is 25.7 Å². The van der Waals surface area contributed by atoms with Gasteiger partial charge in [-0.3, -0.25) is 0 Å².